The normalized spacial score (nSPS) is 13.1. The highest BCUT2D eigenvalue weighted by molar-refractivity contribution is 5.94. The van der Waals surface area contributed by atoms with Crippen LogP contribution in [0.4, 0.5) is 8.78 Å². The average molecular weight is 376 g/mol. The molecule has 1 aliphatic rings. The van der Waals surface area contributed by atoms with Gasteiger partial charge in [-0.25, -0.2) is 8.78 Å². The van der Waals surface area contributed by atoms with Gasteiger partial charge in [-0.3, -0.25) is 9.59 Å². The Kier molecular flexibility index (Phi) is 5.54. The minimum Gasteiger partial charge on any atom is -0.454 e. The molecule has 8 heteroatoms. The number of carbonyl (C=O) groups is 2. The van der Waals surface area contributed by atoms with Crippen LogP contribution in [0.3, 0.4) is 0 Å². The lowest BCUT2D eigenvalue weighted by Crippen LogP contribution is -2.32. The quantitative estimate of drug-likeness (QED) is 0.813. The number of hydrogen-bond donors (Lipinski definition) is 2. The molecule has 2 amide bonds. The molecule has 27 heavy (non-hydrogen) atoms. The van der Waals surface area contributed by atoms with Crippen LogP contribution in [-0.2, 0) is 4.79 Å². The summed E-state index contributed by atoms with van der Waals surface area (Å²) in [6, 6.07) is 7.83. The molecule has 1 aliphatic heterocycles. The van der Waals surface area contributed by atoms with Crippen molar-refractivity contribution in [1.82, 2.24) is 10.6 Å². The van der Waals surface area contributed by atoms with Crippen LogP contribution in [0.1, 0.15) is 35.3 Å². The number of hydrogen-bond acceptors (Lipinski definition) is 4. The average Bonchev–Trinajstić information content (AvgIpc) is 3.09. The number of carbonyl (C=O) groups excluding carboxylic acids is 2. The summed E-state index contributed by atoms with van der Waals surface area (Å²) in [6.45, 7) is 2.02. The van der Waals surface area contributed by atoms with Crippen molar-refractivity contribution in [3.05, 3.63) is 59.2 Å². The first-order valence-corrected chi connectivity index (χ1v) is 8.36. The highest BCUT2D eigenvalue weighted by atomic mass is 19.1. The Hall–Kier alpha value is -3.16. The van der Waals surface area contributed by atoms with Crippen molar-refractivity contribution in [2.24, 2.45) is 0 Å². The minimum atomic E-state index is -0.951. The van der Waals surface area contributed by atoms with Crippen LogP contribution in [0, 0.1) is 11.6 Å². The molecular weight excluding hydrogens is 358 g/mol. The molecule has 1 heterocycles. The monoisotopic (exact) mass is 376 g/mol. The van der Waals surface area contributed by atoms with Gasteiger partial charge in [0.05, 0.1) is 11.6 Å². The van der Waals surface area contributed by atoms with Crippen LogP contribution < -0.4 is 20.1 Å². The summed E-state index contributed by atoms with van der Waals surface area (Å²) in [5.74, 6) is -1.41. The first-order valence-electron chi connectivity index (χ1n) is 8.36. The first kappa shape index (κ1) is 18.6. The minimum absolute atomic E-state index is 0.0173. The lowest BCUT2D eigenvalue weighted by Gasteiger charge is -2.15. The van der Waals surface area contributed by atoms with Gasteiger partial charge >= 0.3 is 0 Å². The third kappa shape index (κ3) is 4.52. The van der Waals surface area contributed by atoms with Crippen LogP contribution in [0.25, 0.3) is 0 Å². The molecule has 0 saturated carbocycles. The van der Waals surface area contributed by atoms with Crippen molar-refractivity contribution < 1.29 is 27.8 Å². The van der Waals surface area contributed by atoms with Gasteiger partial charge in [0.1, 0.15) is 11.6 Å². The molecule has 0 spiro atoms. The molecule has 6 nitrogen and oxygen atoms in total. The molecule has 2 aromatic carbocycles. The number of rotatable bonds is 6. The summed E-state index contributed by atoms with van der Waals surface area (Å²) in [6.07, 6.45) is 0.0173. The van der Waals surface area contributed by atoms with Crippen LogP contribution in [0.2, 0.25) is 0 Å². The Balaban J connectivity index is 1.47. The number of halogens is 2. The molecule has 2 aromatic rings. The van der Waals surface area contributed by atoms with Crippen molar-refractivity contribution in [2.45, 2.75) is 19.4 Å². The van der Waals surface area contributed by atoms with E-state index in [0.717, 1.165) is 17.7 Å². The van der Waals surface area contributed by atoms with Gasteiger partial charge in [0, 0.05) is 19.0 Å². The van der Waals surface area contributed by atoms with Gasteiger partial charge in [-0.15, -0.1) is 0 Å². The molecule has 0 radical (unpaired) electrons. The molecule has 0 aliphatic carbocycles. The van der Waals surface area contributed by atoms with E-state index >= 15 is 0 Å². The number of nitrogens with one attached hydrogen (secondary N) is 2. The number of fused-ring (bicyclic) bond motifs is 1. The molecule has 3 rings (SSSR count). The predicted octanol–water partition coefficient (Wildman–Crippen LogP) is 2.69. The second-order valence-corrected chi connectivity index (χ2v) is 6.03. The molecular formula is C19H18F2N2O4. The van der Waals surface area contributed by atoms with E-state index in [-0.39, 0.29) is 37.3 Å². The summed E-state index contributed by atoms with van der Waals surface area (Å²) in [5.41, 5.74) is 0.579. The Labute approximate surface area is 154 Å². The van der Waals surface area contributed by atoms with Gasteiger partial charge in [0.25, 0.3) is 5.91 Å². The van der Waals surface area contributed by atoms with Gasteiger partial charge in [-0.2, -0.15) is 0 Å². The Morgan fingerprint density at radius 1 is 1.11 bits per heavy atom. The fourth-order valence-electron chi connectivity index (χ4n) is 2.64. The molecule has 0 saturated heterocycles. The van der Waals surface area contributed by atoms with Crippen molar-refractivity contribution in [3.63, 3.8) is 0 Å². The van der Waals surface area contributed by atoms with E-state index in [1.54, 1.807) is 12.1 Å². The van der Waals surface area contributed by atoms with Gasteiger partial charge in [0.2, 0.25) is 12.7 Å². The van der Waals surface area contributed by atoms with E-state index < -0.39 is 17.5 Å². The summed E-state index contributed by atoms with van der Waals surface area (Å²) in [7, 11) is 0. The molecule has 0 aromatic heterocycles. The number of benzene rings is 2. The molecule has 0 bridgehead atoms. The van der Waals surface area contributed by atoms with E-state index in [1.165, 1.54) is 0 Å². The second kappa shape index (κ2) is 8.03. The SMILES string of the molecule is CC(NC(=O)CCNC(=O)c1ccc(F)cc1F)c1ccc2c(c1)OCO2. The van der Waals surface area contributed by atoms with Gasteiger partial charge in [0.15, 0.2) is 11.5 Å². The summed E-state index contributed by atoms with van der Waals surface area (Å²) >= 11 is 0. The van der Waals surface area contributed by atoms with Gasteiger partial charge in [-0.1, -0.05) is 6.07 Å². The zero-order chi connectivity index (χ0) is 19.4. The molecule has 1 atom stereocenters. The predicted molar refractivity (Wildman–Crippen MR) is 92.4 cm³/mol. The zero-order valence-corrected chi connectivity index (χ0v) is 14.6. The van der Waals surface area contributed by atoms with Crippen LogP contribution in [-0.4, -0.2) is 25.2 Å². The highest BCUT2D eigenvalue weighted by Crippen LogP contribution is 2.34. The maximum absolute atomic E-state index is 13.5. The van der Waals surface area contributed by atoms with Crippen molar-refractivity contribution in [1.29, 1.82) is 0 Å². The van der Waals surface area contributed by atoms with E-state index in [1.807, 2.05) is 13.0 Å². The lowest BCUT2D eigenvalue weighted by atomic mass is 10.1. The van der Waals surface area contributed by atoms with E-state index in [0.29, 0.717) is 17.6 Å². The molecule has 1 unspecified atom stereocenters. The van der Waals surface area contributed by atoms with Crippen LogP contribution in [0.15, 0.2) is 36.4 Å². The fourth-order valence-corrected chi connectivity index (χ4v) is 2.64. The standard InChI is InChI=1S/C19H18F2N2O4/c1-11(12-2-5-16-17(8-12)27-10-26-16)23-18(24)6-7-22-19(25)14-4-3-13(20)9-15(14)21/h2-5,8-9,11H,6-7,10H2,1H3,(H,22,25)(H,23,24). The van der Waals surface area contributed by atoms with Crippen molar-refractivity contribution in [3.8, 4) is 11.5 Å². The van der Waals surface area contributed by atoms with Crippen molar-refractivity contribution >= 4 is 11.8 Å². The second-order valence-electron chi connectivity index (χ2n) is 6.03. The Bertz CT molecular complexity index is 873. The summed E-state index contributed by atoms with van der Waals surface area (Å²) < 4.78 is 37.0. The number of amides is 2. The summed E-state index contributed by atoms with van der Waals surface area (Å²) in [5, 5.41) is 5.25. The van der Waals surface area contributed by atoms with Gasteiger partial charge in [-0.05, 0) is 36.8 Å². The van der Waals surface area contributed by atoms with E-state index in [9.17, 15) is 18.4 Å². The van der Waals surface area contributed by atoms with Crippen molar-refractivity contribution in [2.75, 3.05) is 13.3 Å². The van der Waals surface area contributed by atoms with E-state index in [4.69, 9.17) is 9.47 Å². The Morgan fingerprint density at radius 3 is 2.67 bits per heavy atom. The molecule has 0 fully saturated rings. The van der Waals surface area contributed by atoms with Gasteiger partial charge < -0.3 is 20.1 Å². The smallest absolute Gasteiger partial charge is 0.254 e. The fraction of sp³-hybridized carbons (Fsp3) is 0.263. The van der Waals surface area contributed by atoms with E-state index in [2.05, 4.69) is 10.6 Å². The highest BCUT2D eigenvalue weighted by Gasteiger charge is 2.17. The maximum Gasteiger partial charge on any atom is 0.254 e. The Morgan fingerprint density at radius 2 is 1.89 bits per heavy atom. The maximum atomic E-state index is 13.5. The summed E-state index contributed by atoms with van der Waals surface area (Å²) in [4.78, 5) is 23.9. The lowest BCUT2D eigenvalue weighted by molar-refractivity contribution is -0.121. The third-order valence-corrected chi connectivity index (χ3v) is 4.09. The number of ether oxygens (including phenoxy) is 2. The molecule has 142 valence electrons. The largest absolute Gasteiger partial charge is 0.454 e. The van der Waals surface area contributed by atoms with Crippen LogP contribution in [0.5, 0.6) is 11.5 Å². The van der Waals surface area contributed by atoms with Crippen LogP contribution >= 0.6 is 0 Å². The first-order chi connectivity index (χ1) is 12.9. The topological polar surface area (TPSA) is 76.7 Å². The molecule has 2 N–H and O–H groups in total. The zero-order valence-electron chi connectivity index (χ0n) is 14.6. The third-order valence-electron chi connectivity index (χ3n) is 4.09.